The van der Waals surface area contributed by atoms with Crippen LogP contribution in [0.2, 0.25) is 0 Å². The Bertz CT molecular complexity index is 690. The van der Waals surface area contributed by atoms with Crippen LogP contribution in [0.4, 0.5) is 19.3 Å². The zero-order valence-corrected chi connectivity index (χ0v) is 13.3. The summed E-state index contributed by atoms with van der Waals surface area (Å²) in [5, 5.41) is 4.67. The van der Waals surface area contributed by atoms with Crippen molar-refractivity contribution in [2.24, 2.45) is 0 Å². The second-order valence-electron chi connectivity index (χ2n) is 4.90. The number of halogens is 2. The minimum atomic E-state index is -0.849. The van der Waals surface area contributed by atoms with Crippen molar-refractivity contribution in [2.75, 3.05) is 26.1 Å². The summed E-state index contributed by atoms with van der Waals surface area (Å²) < 4.78 is 37.6. The Morgan fingerprint density at radius 1 is 1.08 bits per heavy atom. The number of para-hydroxylation sites is 2. The molecule has 5 nitrogen and oxygen atoms in total. The van der Waals surface area contributed by atoms with Crippen LogP contribution in [0.25, 0.3) is 0 Å². The third kappa shape index (κ3) is 4.20. The van der Waals surface area contributed by atoms with Crippen LogP contribution in [0.15, 0.2) is 42.5 Å². The molecule has 0 radical (unpaired) electrons. The van der Waals surface area contributed by atoms with Gasteiger partial charge >= 0.3 is 6.03 Å². The minimum absolute atomic E-state index is 0.0960. The van der Waals surface area contributed by atoms with Crippen molar-refractivity contribution in [3.8, 4) is 5.75 Å². The summed E-state index contributed by atoms with van der Waals surface area (Å²) in [6.07, 6.45) is -0.475. The van der Waals surface area contributed by atoms with E-state index in [-0.39, 0.29) is 6.54 Å². The first-order valence-electron chi connectivity index (χ1n) is 7.21. The fourth-order valence-electron chi connectivity index (χ4n) is 2.21. The molecule has 2 N–H and O–H groups in total. The normalized spacial score (nSPS) is 11.7. The number of rotatable bonds is 6. The molecular weight excluding hydrogens is 318 g/mol. The quantitative estimate of drug-likeness (QED) is 0.849. The van der Waals surface area contributed by atoms with Crippen LogP contribution in [-0.2, 0) is 4.74 Å². The second-order valence-corrected chi connectivity index (χ2v) is 4.90. The summed E-state index contributed by atoms with van der Waals surface area (Å²) in [6, 6.07) is 9.82. The topological polar surface area (TPSA) is 59.6 Å². The third-order valence-electron chi connectivity index (χ3n) is 3.42. The molecule has 0 heterocycles. The second kappa shape index (κ2) is 8.26. The smallest absolute Gasteiger partial charge is 0.319 e. The van der Waals surface area contributed by atoms with Crippen molar-refractivity contribution in [1.29, 1.82) is 0 Å². The van der Waals surface area contributed by atoms with E-state index in [0.717, 1.165) is 17.7 Å². The van der Waals surface area contributed by atoms with Crippen molar-refractivity contribution in [1.82, 2.24) is 5.32 Å². The van der Waals surface area contributed by atoms with Crippen LogP contribution in [0.5, 0.6) is 5.75 Å². The lowest BCUT2D eigenvalue weighted by Crippen LogP contribution is -2.33. The number of carbonyl (C=O) groups excluding carboxylic acids is 1. The van der Waals surface area contributed by atoms with Gasteiger partial charge in [-0.15, -0.1) is 0 Å². The molecule has 0 spiro atoms. The Balaban J connectivity index is 2.02. The monoisotopic (exact) mass is 336 g/mol. The van der Waals surface area contributed by atoms with Crippen LogP contribution in [0, 0.1) is 11.6 Å². The Labute approximate surface area is 138 Å². The van der Waals surface area contributed by atoms with Gasteiger partial charge in [-0.1, -0.05) is 24.3 Å². The fourth-order valence-corrected chi connectivity index (χ4v) is 2.21. The average molecular weight is 336 g/mol. The number of methoxy groups -OCH3 is 2. The summed E-state index contributed by atoms with van der Waals surface area (Å²) >= 11 is 0. The molecule has 24 heavy (non-hydrogen) atoms. The SMILES string of the molecule is COc1ccccc1[C@H](CNC(=O)Nc1c(F)cccc1F)OC. The van der Waals surface area contributed by atoms with Gasteiger partial charge in [-0.05, 0) is 18.2 Å². The number of nitrogens with one attached hydrogen (secondary N) is 2. The lowest BCUT2D eigenvalue weighted by Gasteiger charge is -2.19. The van der Waals surface area contributed by atoms with Crippen molar-refractivity contribution in [3.05, 3.63) is 59.7 Å². The molecule has 0 fully saturated rings. The predicted octanol–water partition coefficient (Wildman–Crippen LogP) is 3.48. The molecule has 1 atom stereocenters. The maximum Gasteiger partial charge on any atom is 0.319 e. The average Bonchev–Trinajstić information content (AvgIpc) is 2.59. The van der Waals surface area contributed by atoms with E-state index in [1.54, 1.807) is 6.07 Å². The van der Waals surface area contributed by atoms with Gasteiger partial charge in [0.1, 0.15) is 29.2 Å². The number of carbonyl (C=O) groups is 1. The van der Waals surface area contributed by atoms with E-state index in [9.17, 15) is 13.6 Å². The van der Waals surface area contributed by atoms with Crippen LogP contribution < -0.4 is 15.4 Å². The van der Waals surface area contributed by atoms with E-state index in [2.05, 4.69) is 10.6 Å². The number of hydrogen-bond donors (Lipinski definition) is 2. The number of ether oxygens (including phenoxy) is 2. The van der Waals surface area contributed by atoms with Crippen molar-refractivity contribution >= 4 is 11.7 Å². The molecule has 128 valence electrons. The van der Waals surface area contributed by atoms with Crippen molar-refractivity contribution in [3.63, 3.8) is 0 Å². The van der Waals surface area contributed by atoms with E-state index in [0.29, 0.717) is 5.75 Å². The molecule has 2 aromatic rings. The number of amides is 2. The van der Waals surface area contributed by atoms with Crippen LogP contribution >= 0.6 is 0 Å². The summed E-state index contributed by atoms with van der Waals surface area (Å²) in [4.78, 5) is 11.9. The highest BCUT2D eigenvalue weighted by atomic mass is 19.1. The molecule has 0 saturated heterocycles. The number of hydrogen-bond acceptors (Lipinski definition) is 3. The standard InChI is InChI=1S/C17H18F2N2O3/c1-23-14-9-4-3-6-11(14)15(24-2)10-20-17(22)21-16-12(18)7-5-8-13(16)19/h3-9,15H,10H2,1-2H3,(H2,20,21,22)/t15-/m0/s1. The Morgan fingerprint density at radius 3 is 2.38 bits per heavy atom. The molecule has 0 bridgehead atoms. The van der Waals surface area contributed by atoms with Crippen molar-refractivity contribution in [2.45, 2.75) is 6.10 Å². The molecule has 0 aliphatic heterocycles. The Hall–Kier alpha value is -2.67. The van der Waals surface area contributed by atoms with Gasteiger partial charge in [-0.25, -0.2) is 13.6 Å². The summed E-state index contributed by atoms with van der Waals surface area (Å²) in [7, 11) is 3.03. The maximum absolute atomic E-state index is 13.5. The first kappa shape index (κ1) is 17.7. The molecule has 0 aliphatic carbocycles. The van der Waals surface area contributed by atoms with Gasteiger partial charge in [0, 0.05) is 19.2 Å². The molecule has 0 aliphatic rings. The maximum atomic E-state index is 13.5. The van der Waals surface area contributed by atoms with Gasteiger partial charge < -0.3 is 20.1 Å². The Morgan fingerprint density at radius 2 is 1.75 bits per heavy atom. The molecule has 2 rings (SSSR count). The van der Waals surface area contributed by atoms with Crippen LogP contribution in [0.3, 0.4) is 0 Å². The Kier molecular flexibility index (Phi) is 6.08. The number of anilines is 1. The van der Waals surface area contributed by atoms with Crippen molar-refractivity contribution < 1.29 is 23.0 Å². The van der Waals surface area contributed by atoms with Gasteiger partial charge in [0.2, 0.25) is 0 Å². The van der Waals surface area contributed by atoms with Gasteiger partial charge in [-0.3, -0.25) is 0 Å². The van der Waals surface area contributed by atoms with Gasteiger partial charge in [0.15, 0.2) is 0 Å². The van der Waals surface area contributed by atoms with E-state index in [1.807, 2.05) is 18.2 Å². The molecule has 2 aromatic carbocycles. The minimum Gasteiger partial charge on any atom is -0.496 e. The van der Waals surface area contributed by atoms with E-state index < -0.39 is 29.5 Å². The fraction of sp³-hybridized carbons (Fsp3) is 0.235. The van der Waals surface area contributed by atoms with Gasteiger partial charge in [-0.2, -0.15) is 0 Å². The van der Waals surface area contributed by atoms with Crippen LogP contribution in [0.1, 0.15) is 11.7 Å². The number of urea groups is 1. The number of benzene rings is 2. The summed E-state index contributed by atoms with van der Waals surface area (Å²) in [5.74, 6) is -1.08. The van der Waals surface area contributed by atoms with Gasteiger partial charge in [0.25, 0.3) is 0 Å². The highest BCUT2D eigenvalue weighted by molar-refractivity contribution is 5.89. The molecule has 0 aromatic heterocycles. The predicted molar refractivity (Wildman–Crippen MR) is 86.1 cm³/mol. The summed E-state index contributed by atoms with van der Waals surface area (Å²) in [6.45, 7) is 0.0960. The third-order valence-corrected chi connectivity index (χ3v) is 3.42. The molecule has 0 unspecified atom stereocenters. The summed E-state index contributed by atoms with van der Waals surface area (Å²) in [5.41, 5.74) is 0.251. The van der Waals surface area contributed by atoms with E-state index in [1.165, 1.54) is 20.3 Å². The van der Waals surface area contributed by atoms with Gasteiger partial charge in [0.05, 0.1) is 7.11 Å². The molecule has 7 heteroatoms. The lowest BCUT2D eigenvalue weighted by atomic mass is 10.1. The first-order chi connectivity index (χ1) is 11.6. The highest BCUT2D eigenvalue weighted by Gasteiger charge is 2.17. The zero-order valence-electron chi connectivity index (χ0n) is 13.3. The molecule has 2 amide bonds. The zero-order chi connectivity index (χ0) is 17.5. The molecular formula is C17H18F2N2O3. The lowest BCUT2D eigenvalue weighted by molar-refractivity contribution is 0.102. The molecule has 0 saturated carbocycles. The largest absolute Gasteiger partial charge is 0.496 e. The van der Waals surface area contributed by atoms with Crippen LogP contribution in [-0.4, -0.2) is 26.8 Å². The highest BCUT2D eigenvalue weighted by Crippen LogP contribution is 2.26. The van der Waals surface area contributed by atoms with E-state index >= 15 is 0 Å². The first-order valence-corrected chi connectivity index (χ1v) is 7.21. The van der Waals surface area contributed by atoms with E-state index in [4.69, 9.17) is 9.47 Å².